The average Bonchev–Trinajstić information content (AvgIpc) is 3.29. The van der Waals surface area contributed by atoms with Crippen molar-refractivity contribution in [2.45, 2.75) is 44.4 Å². The Morgan fingerprint density at radius 2 is 1.65 bits per heavy atom. The fourth-order valence-corrected chi connectivity index (χ4v) is 5.11. The number of hydrogen-bond acceptors (Lipinski definition) is 5. The highest BCUT2D eigenvalue weighted by atomic mass is 32.2. The molecule has 0 radical (unpaired) electrons. The van der Waals surface area contributed by atoms with Crippen LogP contribution in [0.5, 0.6) is 5.75 Å². The van der Waals surface area contributed by atoms with Crippen molar-refractivity contribution in [3.05, 3.63) is 42.5 Å². The third kappa shape index (κ3) is 5.50. The molecule has 0 aromatic heterocycles. The molecule has 1 aliphatic rings. The lowest BCUT2D eigenvalue weighted by atomic mass is 10.0. The van der Waals surface area contributed by atoms with Gasteiger partial charge >= 0.3 is 0 Å². The third-order valence-electron chi connectivity index (χ3n) is 5.66. The van der Waals surface area contributed by atoms with E-state index in [0.29, 0.717) is 22.8 Å². The van der Waals surface area contributed by atoms with Crippen LogP contribution in [0.1, 0.15) is 39.5 Å². The summed E-state index contributed by atoms with van der Waals surface area (Å²) in [5, 5.41) is 2.89. The number of benzene rings is 2. The normalized spacial score (nSPS) is 14.0. The maximum Gasteiger partial charge on any atom is 0.264 e. The van der Waals surface area contributed by atoms with E-state index in [-0.39, 0.29) is 16.7 Å². The molecule has 2 aromatic carbocycles. The Bertz CT molecular complexity index is 996. The highest BCUT2D eigenvalue weighted by Gasteiger charge is 2.25. The molecule has 0 bridgehead atoms. The number of sulfonamides is 1. The van der Waals surface area contributed by atoms with E-state index in [0.717, 1.165) is 38.8 Å². The number of anilines is 3. The summed E-state index contributed by atoms with van der Waals surface area (Å²) in [5.74, 6) is 0.452. The Kier molecular flexibility index (Phi) is 7.43. The smallest absolute Gasteiger partial charge is 0.264 e. The van der Waals surface area contributed by atoms with Gasteiger partial charge in [0.25, 0.3) is 10.0 Å². The topological polar surface area (TPSA) is 87.7 Å². The van der Waals surface area contributed by atoms with Gasteiger partial charge in [0.05, 0.1) is 12.8 Å². The summed E-state index contributed by atoms with van der Waals surface area (Å²) in [7, 11) is -2.32. The summed E-state index contributed by atoms with van der Waals surface area (Å²) in [5.41, 5.74) is 1.58. The van der Waals surface area contributed by atoms with E-state index < -0.39 is 10.0 Å². The first-order valence-corrected chi connectivity index (χ1v) is 12.2. The molecule has 0 unspecified atom stereocenters. The summed E-state index contributed by atoms with van der Waals surface area (Å²) in [6.45, 7) is 5.56. The van der Waals surface area contributed by atoms with E-state index >= 15 is 0 Å². The Labute approximate surface area is 184 Å². The minimum Gasteiger partial charge on any atom is -0.497 e. The van der Waals surface area contributed by atoms with Gasteiger partial charge in [-0.1, -0.05) is 13.8 Å². The number of ether oxygens (including phenoxy) is 1. The summed E-state index contributed by atoms with van der Waals surface area (Å²) >= 11 is 0. The van der Waals surface area contributed by atoms with Crippen LogP contribution >= 0.6 is 0 Å². The molecule has 1 saturated heterocycles. The Morgan fingerprint density at radius 3 is 2.23 bits per heavy atom. The van der Waals surface area contributed by atoms with Crippen molar-refractivity contribution in [1.29, 1.82) is 0 Å². The standard InChI is InChI=1S/C23H31N3O4S/c1-4-17(5-2)23(27)24-19-10-13-21(26-14-6-7-15-26)22(16-19)31(28,29)25-18-8-11-20(30-3)12-9-18/h8-13,16-17,25H,4-7,14-15H2,1-3H3,(H,24,27). The zero-order valence-corrected chi connectivity index (χ0v) is 19.2. The van der Waals surface area contributed by atoms with Crippen LogP contribution in [0.4, 0.5) is 17.1 Å². The third-order valence-corrected chi connectivity index (χ3v) is 7.07. The molecule has 7 nitrogen and oxygen atoms in total. The molecule has 1 amide bonds. The van der Waals surface area contributed by atoms with Crippen LogP contribution in [0.3, 0.4) is 0 Å². The number of rotatable bonds is 9. The molecule has 0 aliphatic carbocycles. The van der Waals surface area contributed by atoms with Gasteiger partial charge in [0.1, 0.15) is 10.6 Å². The summed E-state index contributed by atoms with van der Waals surface area (Å²) in [4.78, 5) is 14.8. The van der Waals surface area contributed by atoms with Gasteiger partial charge in [-0.05, 0) is 68.1 Å². The predicted molar refractivity (Wildman–Crippen MR) is 124 cm³/mol. The molecule has 8 heteroatoms. The first-order chi connectivity index (χ1) is 14.9. The van der Waals surface area contributed by atoms with Gasteiger partial charge in [0.2, 0.25) is 5.91 Å². The number of methoxy groups -OCH3 is 1. The molecule has 1 fully saturated rings. The van der Waals surface area contributed by atoms with Crippen molar-refractivity contribution in [1.82, 2.24) is 0 Å². The van der Waals surface area contributed by atoms with Crippen molar-refractivity contribution in [2.24, 2.45) is 5.92 Å². The second-order valence-electron chi connectivity index (χ2n) is 7.71. The van der Waals surface area contributed by atoms with Crippen LogP contribution in [0.25, 0.3) is 0 Å². The molecule has 1 aliphatic heterocycles. The van der Waals surface area contributed by atoms with E-state index in [1.165, 1.54) is 0 Å². The summed E-state index contributed by atoms with van der Waals surface area (Å²) < 4.78 is 34.5. The van der Waals surface area contributed by atoms with E-state index in [4.69, 9.17) is 4.74 Å². The number of nitrogens with zero attached hydrogens (tertiary/aromatic N) is 1. The lowest BCUT2D eigenvalue weighted by Crippen LogP contribution is -2.24. The molecule has 0 atom stereocenters. The Hall–Kier alpha value is -2.74. The first-order valence-electron chi connectivity index (χ1n) is 10.7. The van der Waals surface area contributed by atoms with Crippen molar-refractivity contribution in [2.75, 3.05) is 35.1 Å². The van der Waals surface area contributed by atoms with E-state index in [1.54, 1.807) is 49.6 Å². The van der Waals surface area contributed by atoms with Crippen LogP contribution in [-0.2, 0) is 14.8 Å². The molecule has 0 saturated carbocycles. The van der Waals surface area contributed by atoms with Crippen molar-refractivity contribution in [3.63, 3.8) is 0 Å². The molecule has 168 valence electrons. The van der Waals surface area contributed by atoms with Crippen LogP contribution in [0.2, 0.25) is 0 Å². The minimum absolute atomic E-state index is 0.0922. The number of hydrogen-bond donors (Lipinski definition) is 2. The predicted octanol–water partition coefficient (Wildman–Crippen LogP) is 4.47. The second kappa shape index (κ2) is 10.0. The highest BCUT2D eigenvalue weighted by molar-refractivity contribution is 7.92. The second-order valence-corrected chi connectivity index (χ2v) is 9.36. The number of carbonyl (C=O) groups excluding carboxylic acids is 1. The monoisotopic (exact) mass is 445 g/mol. The molecule has 2 N–H and O–H groups in total. The first kappa shape index (κ1) is 22.9. The fourth-order valence-electron chi connectivity index (χ4n) is 3.80. The van der Waals surface area contributed by atoms with Crippen LogP contribution in [-0.4, -0.2) is 34.5 Å². The molecular weight excluding hydrogens is 414 g/mol. The van der Waals surface area contributed by atoms with Gasteiger partial charge < -0.3 is 15.0 Å². The zero-order chi connectivity index (χ0) is 22.4. The quantitative estimate of drug-likeness (QED) is 0.595. The highest BCUT2D eigenvalue weighted by Crippen LogP contribution is 2.32. The van der Waals surface area contributed by atoms with Gasteiger partial charge in [-0.2, -0.15) is 0 Å². The molecule has 31 heavy (non-hydrogen) atoms. The number of amides is 1. The van der Waals surface area contributed by atoms with Crippen LogP contribution in [0.15, 0.2) is 47.4 Å². The molecule has 2 aromatic rings. The minimum atomic E-state index is -3.87. The number of carbonyl (C=O) groups is 1. The molecular formula is C23H31N3O4S. The van der Waals surface area contributed by atoms with Crippen LogP contribution in [0, 0.1) is 5.92 Å². The lowest BCUT2D eigenvalue weighted by molar-refractivity contribution is -0.120. The van der Waals surface area contributed by atoms with Crippen molar-refractivity contribution < 1.29 is 17.9 Å². The van der Waals surface area contributed by atoms with E-state index in [1.807, 2.05) is 13.8 Å². The SMILES string of the molecule is CCC(CC)C(=O)Nc1ccc(N2CCCC2)c(S(=O)(=O)Nc2ccc(OC)cc2)c1. The largest absolute Gasteiger partial charge is 0.497 e. The van der Waals surface area contributed by atoms with Crippen LogP contribution < -0.4 is 19.7 Å². The molecule has 0 spiro atoms. The lowest BCUT2D eigenvalue weighted by Gasteiger charge is -2.23. The van der Waals surface area contributed by atoms with E-state index in [2.05, 4.69) is 14.9 Å². The average molecular weight is 446 g/mol. The van der Waals surface area contributed by atoms with E-state index in [9.17, 15) is 13.2 Å². The zero-order valence-electron chi connectivity index (χ0n) is 18.3. The van der Waals surface area contributed by atoms with Gasteiger partial charge in [-0.25, -0.2) is 8.42 Å². The fraction of sp³-hybridized carbons (Fsp3) is 0.435. The van der Waals surface area contributed by atoms with Gasteiger partial charge in [0, 0.05) is 30.4 Å². The van der Waals surface area contributed by atoms with Gasteiger partial charge in [-0.15, -0.1) is 0 Å². The van der Waals surface area contributed by atoms with Crippen molar-refractivity contribution >= 4 is 33.0 Å². The number of nitrogens with one attached hydrogen (secondary N) is 2. The van der Waals surface area contributed by atoms with Gasteiger partial charge in [-0.3, -0.25) is 9.52 Å². The Morgan fingerprint density at radius 1 is 1.03 bits per heavy atom. The van der Waals surface area contributed by atoms with Crippen molar-refractivity contribution in [3.8, 4) is 5.75 Å². The summed E-state index contributed by atoms with van der Waals surface area (Å²) in [6, 6.07) is 11.8. The molecule has 3 rings (SSSR count). The Balaban J connectivity index is 1.94. The van der Waals surface area contributed by atoms with Gasteiger partial charge in [0.15, 0.2) is 0 Å². The maximum atomic E-state index is 13.3. The maximum absolute atomic E-state index is 13.3. The molecule has 1 heterocycles. The summed E-state index contributed by atoms with van der Waals surface area (Å²) in [6.07, 6.45) is 3.52.